The summed E-state index contributed by atoms with van der Waals surface area (Å²) in [5.74, 6) is 0.127. The number of carbonyl (C=O) groups excluding carboxylic acids is 1. The predicted octanol–water partition coefficient (Wildman–Crippen LogP) is 3.85. The van der Waals surface area contributed by atoms with Gasteiger partial charge in [-0.25, -0.2) is 0 Å². The van der Waals surface area contributed by atoms with Crippen LogP contribution in [0.15, 0.2) is 15.9 Å². The van der Waals surface area contributed by atoms with Gasteiger partial charge in [0.15, 0.2) is 5.78 Å². The third-order valence-corrected chi connectivity index (χ3v) is 5.13. The summed E-state index contributed by atoms with van der Waals surface area (Å²) in [5.41, 5.74) is 0. The topological polar surface area (TPSA) is 17.1 Å². The molecule has 0 aromatic carbocycles. The molecule has 1 unspecified atom stereocenters. The zero-order chi connectivity index (χ0) is 9.14. The molecule has 5 heteroatoms. The van der Waals surface area contributed by atoms with Crippen LogP contribution in [0.3, 0.4) is 0 Å². The van der Waals surface area contributed by atoms with E-state index in [1.807, 2.05) is 12.1 Å². The van der Waals surface area contributed by atoms with Crippen molar-refractivity contribution < 1.29 is 4.79 Å². The molecule has 12 heavy (non-hydrogen) atoms. The van der Waals surface area contributed by atoms with E-state index in [0.717, 1.165) is 8.66 Å². The summed E-state index contributed by atoms with van der Waals surface area (Å²) in [6.07, 6.45) is 0. The molecule has 0 saturated carbocycles. The minimum absolute atomic E-state index is 0.122. The van der Waals surface area contributed by atoms with Gasteiger partial charge < -0.3 is 0 Å². The largest absolute Gasteiger partial charge is 0.292 e. The second-order valence-corrected chi connectivity index (χ2v) is 6.31. The Balaban J connectivity index is 2.78. The van der Waals surface area contributed by atoms with E-state index < -0.39 is 0 Å². The van der Waals surface area contributed by atoms with Crippen LogP contribution in [0.4, 0.5) is 0 Å². The average Bonchev–Trinajstić information content (AvgIpc) is 2.49. The lowest BCUT2D eigenvalue weighted by Crippen LogP contribution is -2.13. The van der Waals surface area contributed by atoms with Crippen molar-refractivity contribution in [1.29, 1.82) is 0 Å². The van der Waals surface area contributed by atoms with Crippen molar-refractivity contribution in [3.8, 4) is 0 Å². The summed E-state index contributed by atoms with van der Waals surface area (Å²) < 4.78 is 0.986. The Morgan fingerprint density at radius 1 is 1.58 bits per heavy atom. The van der Waals surface area contributed by atoms with Gasteiger partial charge in [-0.15, -0.1) is 11.3 Å². The van der Waals surface area contributed by atoms with Crippen molar-refractivity contribution in [3.63, 3.8) is 0 Å². The molecule has 0 fully saturated rings. The molecule has 0 aliphatic heterocycles. The lowest BCUT2D eigenvalue weighted by molar-refractivity contribution is 0.100. The van der Waals surface area contributed by atoms with Crippen LogP contribution in [0.25, 0.3) is 0 Å². The Morgan fingerprint density at radius 3 is 2.67 bits per heavy atom. The molecule has 1 heterocycles. The number of hydrogen-bond donors (Lipinski definition) is 0. The number of carbonyl (C=O) groups is 1. The quantitative estimate of drug-likeness (QED) is 0.578. The number of halogens is 3. The van der Waals surface area contributed by atoms with E-state index in [0.29, 0.717) is 5.33 Å². The van der Waals surface area contributed by atoms with Gasteiger partial charge in [0.05, 0.1) is 13.5 Å². The molecule has 0 bridgehead atoms. The third kappa shape index (κ3) is 2.65. The van der Waals surface area contributed by atoms with Crippen LogP contribution in [0, 0.1) is 0 Å². The van der Waals surface area contributed by atoms with E-state index in [4.69, 9.17) is 0 Å². The third-order valence-electron chi connectivity index (χ3n) is 1.24. The lowest BCUT2D eigenvalue weighted by atomic mass is 10.3. The predicted molar refractivity (Wildman–Crippen MR) is 62.9 cm³/mol. The van der Waals surface area contributed by atoms with Gasteiger partial charge in [0.25, 0.3) is 0 Å². The van der Waals surface area contributed by atoms with Gasteiger partial charge >= 0.3 is 0 Å². The van der Waals surface area contributed by atoms with Gasteiger partial charge in [0.1, 0.15) is 0 Å². The average molecular weight is 377 g/mol. The molecule has 0 aliphatic carbocycles. The maximum atomic E-state index is 11.5. The highest BCUT2D eigenvalue weighted by atomic mass is 79.9. The van der Waals surface area contributed by atoms with Crippen LogP contribution in [0.2, 0.25) is 0 Å². The normalized spacial score (nSPS) is 12.9. The van der Waals surface area contributed by atoms with Gasteiger partial charge in [0, 0.05) is 5.33 Å². The van der Waals surface area contributed by atoms with Crippen molar-refractivity contribution >= 4 is 64.9 Å². The Labute approximate surface area is 99.9 Å². The van der Waals surface area contributed by atoms with Crippen molar-refractivity contribution in [2.75, 3.05) is 5.33 Å². The first-order valence-electron chi connectivity index (χ1n) is 3.14. The second-order valence-electron chi connectivity index (χ2n) is 2.09. The molecular weight excluding hydrogens is 372 g/mol. The first-order chi connectivity index (χ1) is 5.65. The Kier molecular flexibility index (Phi) is 4.43. The smallest absolute Gasteiger partial charge is 0.187 e. The monoisotopic (exact) mass is 374 g/mol. The number of rotatable bonds is 3. The molecule has 1 atom stereocenters. The molecule has 0 amide bonds. The molecule has 0 radical (unpaired) electrons. The molecular formula is C7H5Br3OS. The lowest BCUT2D eigenvalue weighted by Gasteiger charge is -2.00. The summed E-state index contributed by atoms with van der Waals surface area (Å²) in [4.78, 5) is 12.2. The van der Waals surface area contributed by atoms with Crippen LogP contribution in [-0.4, -0.2) is 15.9 Å². The van der Waals surface area contributed by atoms with Crippen LogP contribution < -0.4 is 0 Å². The van der Waals surface area contributed by atoms with Gasteiger partial charge in [0.2, 0.25) is 0 Å². The highest BCUT2D eigenvalue weighted by Crippen LogP contribution is 2.24. The summed E-state index contributed by atoms with van der Waals surface area (Å²) in [6, 6.07) is 3.71. The minimum Gasteiger partial charge on any atom is -0.292 e. The number of Topliss-reactive ketones (excluding diaryl/α,β-unsaturated/α-hetero) is 1. The van der Waals surface area contributed by atoms with E-state index >= 15 is 0 Å². The second kappa shape index (κ2) is 4.88. The highest BCUT2D eigenvalue weighted by Gasteiger charge is 2.16. The number of alkyl halides is 2. The molecule has 0 saturated heterocycles. The van der Waals surface area contributed by atoms with E-state index in [9.17, 15) is 4.79 Å². The molecule has 0 N–H and O–H groups in total. The van der Waals surface area contributed by atoms with Crippen LogP contribution in [0.5, 0.6) is 0 Å². The van der Waals surface area contributed by atoms with Crippen molar-refractivity contribution in [2.24, 2.45) is 0 Å². The molecule has 1 aromatic rings. The summed E-state index contributed by atoms with van der Waals surface area (Å²) in [5, 5.41) is 0.640. The van der Waals surface area contributed by atoms with Crippen LogP contribution in [-0.2, 0) is 0 Å². The van der Waals surface area contributed by atoms with Crippen molar-refractivity contribution in [2.45, 2.75) is 4.83 Å². The fraction of sp³-hybridized carbons (Fsp3) is 0.286. The Hall–Kier alpha value is 0.810. The number of thiophene rings is 1. The standard InChI is InChI=1S/C7H5Br3OS/c8-3-4(9)7(11)5-1-2-6(10)12-5/h1-2,4H,3H2. The fourth-order valence-corrected chi connectivity index (χ4v) is 2.74. The summed E-state index contributed by atoms with van der Waals surface area (Å²) in [6.45, 7) is 0. The Morgan fingerprint density at radius 2 is 2.25 bits per heavy atom. The molecule has 0 spiro atoms. The molecule has 1 rings (SSSR count). The minimum atomic E-state index is -0.122. The van der Waals surface area contributed by atoms with Crippen LogP contribution >= 0.6 is 59.1 Å². The molecule has 1 nitrogen and oxygen atoms in total. The summed E-state index contributed by atoms with van der Waals surface area (Å²) in [7, 11) is 0. The maximum Gasteiger partial charge on any atom is 0.187 e. The Bertz CT molecular complexity index is 284. The SMILES string of the molecule is O=C(c1ccc(Br)s1)C(Br)CBr. The van der Waals surface area contributed by atoms with E-state index in [1.54, 1.807) is 0 Å². The molecule has 66 valence electrons. The number of hydrogen-bond acceptors (Lipinski definition) is 2. The first-order valence-corrected chi connectivity index (χ1v) is 6.79. The number of ketones is 1. The zero-order valence-electron chi connectivity index (χ0n) is 5.89. The highest BCUT2D eigenvalue weighted by molar-refractivity contribution is 9.12. The van der Waals surface area contributed by atoms with Gasteiger partial charge in [-0.2, -0.15) is 0 Å². The first kappa shape index (κ1) is 10.9. The van der Waals surface area contributed by atoms with Gasteiger partial charge in [-0.05, 0) is 28.1 Å². The zero-order valence-corrected chi connectivity index (χ0v) is 11.5. The van der Waals surface area contributed by atoms with E-state index in [-0.39, 0.29) is 10.6 Å². The molecule has 0 aliphatic rings. The fourth-order valence-electron chi connectivity index (χ4n) is 0.671. The van der Waals surface area contributed by atoms with Crippen molar-refractivity contribution in [3.05, 3.63) is 20.8 Å². The van der Waals surface area contributed by atoms with Crippen molar-refractivity contribution in [1.82, 2.24) is 0 Å². The molecule has 1 aromatic heterocycles. The van der Waals surface area contributed by atoms with Gasteiger partial charge in [-0.3, -0.25) is 4.79 Å². The van der Waals surface area contributed by atoms with E-state index in [1.165, 1.54) is 11.3 Å². The van der Waals surface area contributed by atoms with Gasteiger partial charge in [-0.1, -0.05) is 31.9 Å². The maximum absolute atomic E-state index is 11.5. The van der Waals surface area contributed by atoms with E-state index in [2.05, 4.69) is 47.8 Å². The van der Waals surface area contributed by atoms with Crippen LogP contribution in [0.1, 0.15) is 9.67 Å². The summed E-state index contributed by atoms with van der Waals surface area (Å²) >= 11 is 11.3.